The third-order valence-corrected chi connectivity index (χ3v) is 6.13. The van der Waals surface area contributed by atoms with Crippen LogP contribution in [0.4, 0.5) is 5.69 Å². The Balaban J connectivity index is 1.62. The van der Waals surface area contributed by atoms with Crippen molar-refractivity contribution in [3.05, 3.63) is 53.1 Å². The number of aliphatic hydroxyl groups excluding tert-OH is 1. The minimum absolute atomic E-state index is 0.0132. The number of aliphatic hydroxyl groups is 1. The van der Waals surface area contributed by atoms with Crippen molar-refractivity contribution in [2.45, 2.75) is 25.8 Å². The van der Waals surface area contributed by atoms with Crippen molar-refractivity contribution >= 4 is 29.0 Å². The quantitative estimate of drug-likeness (QED) is 0.580. The molecule has 2 aliphatic rings. The van der Waals surface area contributed by atoms with Crippen LogP contribution >= 0.6 is 11.6 Å². The Labute approximate surface area is 193 Å². The summed E-state index contributed by atoms with van der Waals surface area (Å²) in [5.74, 6) is 2.08. The second-order valence-corrected chi connectivity index (χ2v) is 8.47. The Kier molecular flexibility index (Phi) is 7.29. The van der Waals surface area contributed by atoms with E-state index in [1.807, 2.05) is 43.3 Å². The molecule has 2 aromatic carbocycles. The van der Waals surface area contributed by atoms with Gasteiger partial charge in [0.05, 0.1) is 11.5 Å². The normalized spacial score (nSPS) is 18.5. The van der Waals surface area contributed by atoms with Crippen molar-refractivity contribution in [3.8, 4) is 11.5 Å². The van der Waals surface area contributed by atoms with Crippen LogP contribution in [-0.2, 0) is 4.79 Å². The highest BCUT2D eigenvalue weighted by molar-refractivity contribution is 6.31. The van der Waals surface area contributed by atoms with Crippen LogP contribution in [0.5, 0.6) is 11.5 Å². The fourth-order valence-corrected chi connectivity index (χ4v) is 4.42. The van der Waals surface area contributed by atoms with E-state index in [2.05, 4.69) is 15.5 Å². The third kappa shape index (κ3) is 4.90. The molecule has 1 saturated heterocycles. The van der Waals surface area contributed by atoms with Gasteiger partial charge in [0.1, 0.15) is 17.3 Å². The van der Waals surface area contributed by atoms with Gasteiger partial charge in [-0.1, -0.05) is 30.7 Å². The molecule has 4 rings (SSSR count). The van der Waals surface area contributed by atoms with E-state index in [4.69, 9.17) is 26.4 Å². The molecule has 0 unspecified atom stereocenters. The van der Waals surface area contributed by atoms with Gasteiger partial charge in [-0.3, -0.25) is 4.79 Å². The van der Waals surface area contributed by atoms with Gasteiger partial charge in [-0.15, -0.1) is 0 Å². The first-order valence-corrected chi connectivity index (χ1v) is 11.5. The fraction of sp³-hybridized carbons (Fsp3) is 0.417. The maximum Gasteiger partial charge on any atom is 0.224 e. The van der Waals surface area contributed by atoms with Crippen molar-refractivity contribution in [2.24, 2.45) is 10.9 Å². The highest BCUT2D eigenvalue weighted by Crippen LogP contribution is 2.39. The number of fused-ring (bicyclic) bond motifs is 2. The SMILES string of the molecule is CC[C@H](C(=O)NCCCO)[C@@H]1CN(C2=Nc3cc(Cl)ccc3Oc3ccccc32)CCN1. The van der Waals surface area contributed by atoms with Crippen molar-refractivity contribution in [1.29, 1.82) is 0 Å². The molecule has 2 aromatic rings. The fourth-order valence-electron chi connectivity index (χ4n) is 4.25. The number of amides is 1. The summed E-state index contributed by atoms with van der Waals surface area (Å²) in [5, 5.41) is 16.1. The van der Waals surface area contributed by atoms with Crippen LogP contribution in [-0.4, -0.2) is 60.6 Å². The zero-order valence-corrected chi connectivity index (χ0v) is 18.9. The van der Waals surface area contributed by atoms with Crippen LogP contribution in [0.15, 0.2) is 47.5 Å². The van der Waals surface area contributed by atoms with Gasteiger partial charge in [0.2, 0.25) is 5.91 Å². The molecule has 0 bridgehead atoms. The van der Waals surface area contributed by atoms with Crippen LogP contribution in [0.1, 0.15) is 25.3 Å². The summed E-state index contributed by atoms with van der Waals surface area (Å²) in [5.41, 5.74) is 1.61. The third-order valence-electron chi connectivity index (χ3n) is 5.90. The average Bonchev–Trinajstić information content (AvgIpc) is 2.96. The van der Waals surface area contributed by atoms with Gasteiger partial charge in [-0.25, -0.2) is 4.99 Å². The van der Waals surface area contributed by atoms with E-state index in [1.54, 1.807) is 6.07 Å². The van der Waals surface area contributed by atoms with Gasteiger partial charge in [0.15, 0.2) is 5.75 Å². The molecular weight excluding hydrogens is 428 g/mol. The maximum atomic E-state index is 12.8. The number of halogens is 1. The summed E-state index contributed by atoms with van der Waals surface area (Å²) < 4.78 is 6.17. The first-order valence-electron chi connectivity index (χ1n) is 11.1. The van der Waals surface area contributed by atoms with Gasteiger partial charge in [-0.05, 0) is 43.2 Å². The molecule has 0 radical (unpaired) electrons. The maximum absolute atomic E-state index is 12.8. The van der Waals surface area contributed by atoms with E-state index in [-0.39, 0.29) is 24.5 Å². The lowest BCUT2D eigenvalue weighted by molar-refractivity contribution is -0.126. The number of hydrogen-bond donors (Lipinski definition) is 3. The van der Waals surface area contributed by atoms with E-state index in [9.17, 15) is 4.79 Å². The van der Waals surface area contributed by atoms with Gasteiger partial charge in [-0.2, -0.15) is 0 Å². The molecule has 32 heavy (non-hydrogen) atoms. The number of para-hydroxylation sites is 1. The molecular formula is C24H29ClN4O3. The Morgan fingerprint density at radius 2 is 2.19 bits per heavy atom. The van der Waals surface area contributed by atoms with Crippen LogP contribution < -0.4 is 15.4 Å². The smallest absolute Gasteiger partial charge is 0.224 e. The van der Waals surface area contributed by atoms with Crippen molar-refractivity contribution < 1.29 is 14.6 Å². The van der Waals surface area contributed by atoms with Gasteiger partial charge >= 0.3 is 0 Å². The summed E-state index contributed by atoms with van der Waals surface area (Å²) in [6.07, 6.45) is 1.28. The van der Waals surface area contributed by atoms with Gasteiger partial charge in [0, 0.05) is 43.9 Å². The number of benzene rings is 2. The monoisotopic (exact) mass is 456 g/mol. The lowest BCUT2D eigenvalue weighted by Gasteiger charge is -2.38. The summed E-state index contributed by atoms with van der Waals surface area (Å²) >= 11 is 6.24. The summed E-state index contributed by atoms with van der Waals surface area (Å²) in [6, 6.07) is 13.3. The number of rotatable bonds is 6. The molecule has 1 fully saturated rings. The zero-order valence-electron chi connectivity index (χ0n) is 18.2. The second-order valence-electron chi connectivity index (χ2n) is 8.04. The van der Waals surface area contributed by atoms with Gasteiger partial charge < -0.3 is 25.4 Å². The molecule has 0 saturated carbocycles. The number of carbonyl (C=O) groups is 1. The largest absolute Gasteiger partial charge is 0.454 e. The number of ether oxygens (including phenoxy) is 1. The number of aliphatic imine (C=N–C) groups is 1. The number of carbonyl (C=O) groups excluding carboxylic acids is 1. The highest BCUT2D eigenvalue weighted by atomic mass is 35.5. The Hall–Kier alpha value is -2.61. The number of nitrogens with zero attached hydrogens (tertiary/aromatic N) is 2. The number of nitrogens with one attached hydrogen (secondary N) is 2. The molecule has 1 amide bonds. The average molecular weight is 457 g/mol. The Morgan fingerprint density at radius 1 is 1.34 bits per heavy atom. The molecule has 0 aromatic heterocycles. The van der Waals surface area contributed by atoms with E-state index in [1.165, 1.54) is 0 Å². The summed E-state index contributed by atoms with van der Waals surface area (Å²) in [6.45, 7) is 4.74. The number of piperazine rings is 1. The van der Waals surface area contributed by atoms with Crippen molar-refractivity contribution in [3.63, 3.8) is 0 Å². The van der Waals surface area contributed by atoms with E-state index in [0.29, 0.717) is 36.0 Å². The topological polar surface area (TPSA) is 86.2 Å². The lowest BCUT2D eigenvalue weighted by atomic mass is 9.93. The van der Waals surface area contributed by atoms with Gasteiger partial charge in [0.25, 0.3) is 0 Å². The molecule has 170 valence electrons. The molecule has 2 heterocycles. The standard InChI is InChI=1S/C24H29ClN4O3/c1-2-17(24(31)27-10-5-13-30)20-15-29(12-11-26-20)23-18-6-3-4-7-21(18)32-22-9-8-16(25)14-19(22)28-23/h3-4,6-9,14,17,20,26,30H,2,5,10-13,15H2,1H3,(H,27,31)/t17-,20-/m0/s1. The molecule has 8 heteroatoms. The zero-order chi connectivity index (χ0) is 22.5. The second kappa shape index (κ2) is 10.3. The van der Waals surface area contributed by atoms with Crippen LogP contribution in [0.3, 0.4) is 0 Å². The summed E-state index contributed by atoms with van der Waals surface area (Å²) in [7, 11) is 0. The molecule has 2 aliphatic heterocycles. The van der Waals surface area contributed by atoms with Crippen LogP contribution in [0, 0.1) is 5.92 Å². The Bertz CT molecular complexity index is 997. The Morgan fingerprint density at radius 3 is 3.00 bits per heavy atom. The summed E-state index contributed by atoms with van der Waals surface area (Å²) in [4.78, 5) is 20.0. The molecule has 2 atom stereocenters. The lowest BCUT2D eigenvalue weighted by Crippen LogP contribution is -2.57. The first-order chi connectivity index (χ1) is 15.6. The highest BCUT2D eigenvalue weighted by Gasteiger charge is 2.33. The number of hydrogen-bond acceptors (Lipinski definition) is 6. The van der Waals surface area contributed by atoms with Crippen molar-refractivity contribution in [2.75, 3.05) is 32.8 Å². The van der Waals surface area contributed by atoms with E-state index in [0.717, 1.165) is 36.7 Å². The molecule has 0 aliphatic carbocycles. The molecule has 0 spiro atoms. The number of amidine groups is 1. The molecule has 3 N–H and O–H groups in total. The van der Waals surface area contributed by atoms with E-state index >= 15 is 0 Å². The first kappa shape index (κ1) is 22.6. The molecule has 7 nitrogen and oxygen atoms in total. The van der Waals surface area contributed by atoms with E-state index < -0.39 is 0 Å². The minimum atomic E-state index is -0.170. The van der Waals surface area contributed by atoms with Crippen LogP contribution in [0.2, 0.25) is 5.02 Å². The van der Waals surface area contributed by atoms with Crippen molar-refractivity contribution in [1.82, 2.24) is 15.5 Å². The van der Waals surface area contributed by atoms with Crippen LogP contribution in [0.25, 0.3) is 0 Å². The predicted molar refractivity (Wildman–Crippen MR) is 126 cm³/mol. The predicted octanol–water partition coefficient (Wildman–Crippen LogP) is 3.32. The minimum Gasteiger partial charge on any atom is -0.454 e.